The molecule has 2 N–H and O–H groups in total. The van der Waals surface area contributed by atoms with Crippen LogP contribution in [0.15, 0.2) is 0 Å². The highest BCUT2D eigenvalue weighted by Gasteiger charge is 2.12. The highest BCUT2D eigenvalue weighted by molar-refractivity contribution is 4.73. The molecule has 0 rings (SSSR count). The number of nitrogens with one attached hydrogen (secondary N) is 1. The van der Waals surface area contributed by atoms with Crippen molar-refractivity contribution in [2.45, 2.75) is 52.7 Å². The predicted molar refractivity (Wildman–Crippen MR) is 70.7 cm³/mol. The minimum absolute atomic E-state index is 0.189. The quantitative estimate of drug-likeness (QED) is 0.699. The van der Waals surface area contributed by atoms with Crippen LogP contribution < -0.4 is 5.32 Å². The van der Waals surface area contributed by atoms with Gasteiger partial charge in [-0.1, -0.05) is 6.92 Å². The van der Waals surface area contributed by atoms with Gasteiger partial charge in [0.05, 0.1) is 6.10 Å². The van der Waals surface area contributed by atoms with Crippen LogP contribution in [0.1, 0.15) is 41.0 Å². The van der Waals surface area contributed by atoms with Gasteiger partial charge in [-0.3, -0.25) is 0 Å². The van der Waals surface area contributed by atoms with Gasteiger partial charge in [0.1, 0.15) is 0 Å². The maximum Gasteiger partial charge on any atom is 0.0524 e. The van der Waals surface area contributed by atoms with Gasteiger partial charge in [-0.2, -0.15) is 0 Å². The lowest BCUT2D eigenvalue weighted by molar-refractivity contribution is 0.159. The minimum Gasteiger partial charge on any atom is -0.393 e. The third kappa shape index (κ3) is 10.4. The average Bonchev–Trinajstić information content (AvgIpc) is 2.10. The van der Waals surface area contributed by atoms with E-state index in [1.54, 1.807) is 0 Å². The van der Waals surface area contributed by atoms with E-state index in [0.29, 0.717) is 5.92 Å². The highest BCUT2D eigenvalue weighted by atomic mass is 16.3. The summed E-state index contributed by atoms with van der Waals surface area (Å²) in [6.45, 7) is 13.8. The third-order valence-electron chi connectivity index (χ3n) is 2.53. The molecule has 0 saturated carbocycles. The molecule has 0 radical (unpaired) electrons. The van der Waals surface area contributed by atoms with E-state index in [0.717, 1.165) is 26.1 Å². The Balaban J connectivity index is 3.66. The van der Waals surface area contributed by atoms with E-state index in [9.17, 15) is 5.11 Å². The molecule has 0 amide bonds. The molecule has 2 atom stereocenters. The molecule has 3 nitrogen and oxygen atoms in total. The van der Waals surface area contributed by atoms with Crippen LogP contribution in [0.4, 0.5) is 0 Å². The molecule has 0 spiro atoms. The molecule has 0 aromatic heterocycles. The Kier molecular flexibility index (Phi) is 7.20. The lowest BCUT2D eigenvalue weighted by atomic mass is 10.1. The summed E-state index contributed by atoms with van der Waals surface area (Å²) < 4.78 is 0. The summed E-state index contributed by atoms with van der Waals surface area (Å²) in [4.78, 5) is 2.29. The van der Waals surface area contributed by atoms with Gasteiger partial charge in [-0.15, -0.1) is 0 Å². The van der Waals surface area contributed by atoms with Crippen molar-refractivity contribution in [3.05, 3.63) is 0 Å². The van der Waals surface area contributed by atoms with Crippen LogP contribution in [-0.4, -0.2) is 48.3 Å². The molecule has 3 heteroatoms. The maximum atomic E-state index is 9.21. The van der Waals surface area contributed by atoms with E-state index in [1.807, 2.05) is 6.92 Å². The second kappa shape index (κ2) is 7.25. The first-order valence-electron chi connectivity index (χ1n) is 6.32. The highest BCUT2D eigenvalue weighted by Crippen LogP contribution is 2.03. The predicted octanol–water partition coefficient (Wildman–Crippen LogP) is 1.71. The minimum atomic E-state index is -0.189. The third-order valence-corrected chi connectivity index (χ3v) is 2.53. The summed E-state index contributed by atoms with van der Waals surface area (Å²) in [7, 11) is 2.12. The van der Waals surface area contributed by atoms with E-state index in [1.165, 1.54) is 0 Å². The first-order chi connectivity index (χ1) is 7.20. The van der Waals surface area contributed by atoms with Crippen molar-refractivity contribution < 1.29 is 5.11 Å². The summed E-state index contributed by atoms with van der Waals surface area (Å²) in [6.07, 6.45) is 0.668. The number of nitrogens with zero attached hydrogens (tertiary/aromatic N) is 1. The van der Waals surface area contributed by atoms with Gasteiger partial charge in [0.25, 0.3) is 0 Å². The Morgan fingerprint density at radius 1 is 1.25 bits per heavy atom. The normalized spacial score (nSPS) is 16.5. The van der Waals surface area contributed by atoms with Gasteiger partial charge in [-0.25, -0.2) is 0 Å². The molecular weight excluding hydrogens is 200 g/mol. The molecule has 0 saturated heterocycles. The standard InChI is InChI=1S/C13H30N2O/c1-11(9-14-13(3,4)5)10-15(6)8-7-12(2)16/h11-12,14,16H,7-10H2,1-6H3. The first-order valence-corrected chi connectivity index (χ1v) is 6.32. The van der Waals surface area contributed by atoms with Crippen LogP contribution in [0.3, 0.4) is 0 Å². The molecule has 16 heavy (non-hydrogen) atoms. The number of aliphatic hydroxyl groups excluding tert-OH is 1. The molecule has 0 aliphatic rings. The van der Waals surface area contributed by atoms with E-state index in [4.69, 9.17) is 0 Å². The summed E-state index contributed by atoms with van der Waals surface area (Å²) in [5.41, 5.74) is 0.201. The number of aliphatic hydroxyl groups is 1. The van der Waals surface area contributed by atoms with Crippen molar-refractivity contribution in [3.63, 3.8) is 0 Å². The zero-order valence-electron chi connectivity index (χ0n) is 11.9. The Hall–Kier alpha value is -0.120. The average molecular weight is 230 g/mol. The van der Waals surface area contributed by atoms with Crippen LogP contribution in [0.5, 0.6) is 0 Å². The molecule has 0 fully saturated rings. The second-order valence-electron chi connectivity index (χ2n) is 6.14. The summed E-state index contributed by atoms with van der Waals surface area (Å²) in [5, 5.41) is 12.7. The van der Waals surface area contributed by atoms with Crippen LogP contribution in [0, 0.1) is 5.92 Å². The van der Waals surface area contributed by atoms with Gasteiger partial charge in [0.15, 0.2) is 0 Å². The Bertz CT molecular complexity index is 175. The zero-order chi connectivity index (χ0) is 12.8. The lowest BCUT2D eigenvalue weighted by Gasteiger charge is -2.26. The summed E-state index contributed by atoms with van der Waals surface area (Å²) in [5.74, 6) is 0.637. The van der Waals surface area contributed by atoms with Crippen LogP contribution >= 0.6 is 0 Å². The molecule has 0 aromatic rings. The summed E-state index contributed by atoms with van der Waals surface area (Å²) in [6, 6.07) is 0. The first kappa shape index (κ1) is 15.9. The molecule has 0 aliphatic heterocycles. The van der Waals surface area contributed by atoms with Crippen LogP contribution in [0.2, 0.25) is 0 Å². The molecule has 0 aliphatic carbocycles. The molecule has 0 heterocycles. The van der Waals surface area contributed by atoms with E-state index >= 15 is 0 Å². The van der Waals surface area contributed by atoms with E-state index in [2.05, 4.69) is 45.0 Å². The van der Waals surface area contributed by atoms with Gasteiger partial charge < -0.3 is 15.3 Å². The van der Waals surface area contributed by atoms with Gasteiger partial charge >= 0.3 is 0 Å². The Labute approximate surface area is 101 Å². The van der Waals surface area contributed by atoms with Gasteiger partial charge in [0.2, 0.25) is 0 Å². The zero-order valence-corrected chi connectivity index (χ0v) is 11.9. The topological polar surface area (TPSA) is 35.5 Å². The monoisotopic (exact) mass is 230 g/mol. The fraction of sp³-hybridized carbons (Fsp3) is 1.00. The second-order valence-corrected chi connectivity index (χ2v) is 6.14. The lowest BCUT2D eigenvalue weighted by Crippen LogP contribution is -2.41. The maximum absolute atomic E-state index is 9.21. The summed E-state index contributed by atoms with van der Waals surface area (Å²) >= 11 is 0. The van der Waals surface area contributed by atoms with Crippen molar-refractivity contribution in [2.75, 3.05) is 26.7 Å². The number of rotatable bonds is 7. The van der Waals surface area contributed by atoms with Crippen molar-refractivity contribution in [1.29, 1.82) is 0 Å². The van der Waals surface area contributed by atoms with Crippen LogP contribution in [-0.2, 0) is 0 Å². The molecule has 98 valence electrons. The molecule has 0 bridgehead atoms. The van der Waals surface area contributed by atoms with Crippen molar-refractivity contribution in [3.8, 4) is 0 Å². The fourth-order valence-corrected chi connectivity index (χ4v) is 1.58. The van der Waals surface area contributed by atoms with Crippen molar-refractivity contribution in [2.24, 2.45) is 5.92 Å². The van der Waals surface area contributed by atoms with E-state index < -0.39 is 0 Å². The molecular formula is C13H30N2O. The Morgan fingerprint density at radius 2 is 1.81 bits per heavy atom. The SMILES string of the molecule is CC(O)CCN(C)CC(C)CNC(C)(C)C. The van der Waals surface area contributed by atoms with Gasteiger partial charge in [0, 0.05) is 18.6 Å². The largest absolute Gasteiger partial charge is 0.393 e. The van der Waals surface area contributed by atoms with Gasteiger partial charge in [-0.05, 0) is 53.6 Å². The fourth-order valence-electron chi connectivity index (χ4n) is 1.58. The number of hydrogen-bond donors (Lipinski definition) is 2. The molecule has 2 unspecified atom stereocenters. The Morgan fingerprint density at radius 3 is 2.25 bits per heavy atom. The van der Waals surface area contributed by atoms with Crippen molar-refractivity contribution in [1.82, 2.24) is 10.2 Å². The molecule has 0 aromatic carbocycles. The van der Waals surface area contributed by atoms with E-state index in [-0.39, 0.29) is 11.6 Å². The van der Waals surface area contributed by atoms with Crippen molar-refractivity contribution >= 4 is 0 Å². The smallest absolute Gasteiger partial charge is 0.0524 e. The number of hydrogen-bond acceptors (Lipinski definition) is 3. The van der Waals surface area contributed by atoms with Crippen LogP contribution in [0.25, 0.3) is 0 Å².